The van der Waals surface area contributed by atoms with Gasteiger partial charge in [0.2, 0.25) is 0 Å². The molecule has 0 bridgehead atoms. The predicted octanol–water partition coefficient (Wildman–Crippen LogP) is 6.09. The van der Waals surface area contributed by atoms with Gasteiger partial charge in [-0.3, -0.25) is 4.90 Å². The van der Waals surface area contributed by atoms with Gasteiger partial charge in [-0.25, -0.2) is 0 Å². The van der Waals surface area contributed by atoms with E-state index in [1.165, 1.54) is 37.9 Å². The van der Waals surface area contributed by atoms with E-state index in [4.69, 9.17) is 9.47 Å². The Balaban J connectivity index is 1.29. The first-order chi connectivity index (χ1) is 16.2. The van der Waals surface area contributed by atoms with Crippen molar-refractivity contribution in [1.29, 1.82) is 0 Å². The highest BCUT2D eigenvalue weighted by atomic mass is 32.2. The number of ether oxygens (including phenoxy) is 2. The third kappa shape index (κ3) is 5.66. The van der Waals surface area contributed by atoms with Gasteiger partial charge >= 0.3 is 0 Å². The first-order valence-electron chi connectivity index (χ1n) is 11.9. The van der Waals surface area contributed by atoms with Crippen LogP contribution in [0, 0.1) is 0 Å². The molecule has 1 saturated heterocycles. The molecule has 4 nitrogen and oxygen atoms in total. The smallest absolute Gasteiger partial charge is 0.136 e. The topological polar surface area (TPSA) is 41.9 Å². The fraction of sp³-hybridized carbons (Fsp3) is 0.357. The average molecular weight is 462 g/mol. The quantitative estimate of drug-likeness (QED) is 0.461. The molecule has 1 fully saturated rings. The van der Waals surface area contributed by atoms with Crippen molar-refractivity contribution in [2.75, 3.05) is 26.2 Å². The second-order valence-electron chi connectivity index (χ2n) is 8.84. The van der Waals surface area contributed by atoms with Crippen LogP contribution in [0.5, 0.6) is 17.2 Å². The van der Waals surface area contributed by atoms with Gasteiger partial charge in [0.1, 0.15) is 30.0 Å². The third-order valence-electron chi connectivity index (χ3n) is 6.41. The fourth-order valence-electron chi connectivity index (χ4n) is 4.63. The molecule has 5 heteroatoms. The highest BCUT2D eigenvalue weighted by Crippen LogP contribution is 2.47. The van der Waals surface area contributed by atoms with Crippen LogP contribution in [0.4, 0.5) is 0 Å². The zero-order chi connectivity index (χ0) is 22.5. The maximum absolute atomic E-state index is 9.95. The van der Waals surface area contributed by atoms with Crippen molar-refractivity contribution < 1.29 is 14.6 Å². The summed E-state index contributed by atoms with van der Waals surface area (Å²) in [6.07, 6.45) is 4.79. The van der Waals surface area contributed by atoms with E-state index in [1.807, 2.05) is 12.1 Å². The predicted molar refractivity (Wildman–Crippen MR) is 133 cm³/mol. The minimum absolute atomic E-state index is 0.0744. The molecule has 0 aliphatic carbocycles. The standard InChI is InChI=1S/C28H31NO3S/c30-23-11-14-25-26(20-23)33-27(19-21-7-3-1-4-8-21)28(32-25)22-9-12-24(13-10-22)31-18-17-29-15-5-2-6-16-29/h1,3-4,7-14,20,27-28,30H,2,5-6,15-19H2/t27-,28+/m1/s1. The molecule has 2 aliphatic heterocycles. The number of aromatic hydroxyl groups is 1. The van der Waals surface area contributed by atoms with Crippen molar-refractivity contribution in [2.24, 2.45) is 0 Å². The monoisotopic (exact) mass is 461 g/mol. The molecule has 3 aromatic rings. The summed E-state index contributed by atoms with van der Waals surface area (Å²) in [7, 11) is 0. The number of rotatable bonds is 7. The Morgan fingerprint density at radius 1 is 0.939 bits per heavy atom. The van der Waals surface area contributed by atoms with Gasteiger partial charge in [0.05, 0.1) is 10.1 Å². The zero-order valence-corrected chi connectivity index (χ0v) is 19.7. The van der Waals surface area contributed by atoms with Crippen LogP contribution in [-0.4, -0.2) is 41.5 Å². The molecule has 2 atom stereocenters. The largest absolute Gasteiger partial charge is 0.508 e. The van der Waals surface area contributed by atoms with E-state index in [0.717, 1.165) is 41.5 Å². The van der Waals surface area contributed by atoms with Crippen LogP contribution in [0.1, 0.15) is 36.5 Å². The number of fused-ring (bicyclic) bond motifs is 1. The molecule has 0 amide bonds. The molecular formula is C28H31NO3S. The lowest BCUT2D eigenvalue weighted by atomic mass is 10.00. The molecule has 5 rings (SSSR count). The van der Waals surface area contributed by atoms with Crippen LogP contribution >= 0.6 is 11.8 Å². The number of thioether (sulfide) groups is 1. The van der Waals surface area contributed by atoms with Gasteiger partial charge < -0.3 is 14.6 Å². The SMILES string of the molecule is Oc1ccc2c(c1)S[C@H](Cc1ccccc1)[C@H](c1ccc(OCCN3CCCCC3)cc1)O2. The van der Waals surface area contributed by atoms with Gasteiger partial charge in [-0.05, 0) is 73.8 Å². The lowest BCUT2D eigenvalue weighted by molar-refractivity contribution is 0.182. The molecule has 1 N–H and O–H groups in total. The number of hydrogen-bond acceptors (Lipinski definition) is 5. The first kappa shape index (κ1) is 22.2. The van der Waals surface area contributed by atoms with E-state index >= 15 is 0 Å². The highest BCUT2D eigenvalue weighted by Gasteiger charge is 2.32. The van der Waals surface area contributed by atoms with Crippen molar-refractivity contribution in [1.82, 2.24) is 4.90 Å². The van der Waals surface area contributed by atoms with Gasteiger partial charge in [0.15, 0.2) is 0 Å². The summed E-state index contributed by atoms with van der Waals surface area (Å²) in [4.78, 5) is 3.49. The molecule has 2 heterocycles. The zero-order valence-electron chi connectivity index (χ0n) is 18.9. The molecule has 0 spiro atoms. The first-order valence-corrected chi connectivity index (χ1v) is 12.8. The van der Waals surface area contributed by atoms with Crippen LogP contribution in [0.25, 0.3) is 0 Å². The summed E-state index contributed by atoms with van der Waals surface area (Å²) in [6, 6.07) is 24.3. The van der Waals surface area contributed by atoms with E-state index in [0.29, 0.717) is 0 Å². The number of phenols is 1. The Morgan fingerprint density at radius 3 is 2.52 bits per heavy atom. The molecule has 2 aliphatic rings. The van der Waals surface area contributed by atoms with Crippen LogP contribution < -0.4 is 9.47 Å². The number of phenolic OH excluding ortho intramolecular Hbond substituents is 1. The van der Waals surface area contributed by atoms with E-state index in [1.54, 1.807) is 23.9 Å². The normalized spacial score (nSPS) is 20.6. The van der Waals surface area contributed by atoms with E-state index in [-0.39, 0.29) is 17.1 Å². The molecule has 0 unspecified atom stereocenters. The molecular weight excluding hydrogens is 430 g/mol. The number of hydrogen-bond donors (Lipinski definition) is 1. The fourth-order valence-corrected chi connectivity index (χ4v) is 5.99. The molecule has 33 heavy (non-hydrogen) atoms. The second kappa shape index (κ2) is 10.5. The van der Waals surface area contributed by atoms with Gasteiger partial charge in [0, 0.05) is 6.54 Å². The molecule has 3 aromatic carbocycles. The van der Waals surface area contributed by atoms with Crippen molar-refractivity contribution in [3.05, 3.63) is 83.9 Å². The van der Waals surface area contributed by atoms with Gasteiger partial charge in [-0.15, -0.1) is 11.8 Å². The van der Waals surface area contributed by atoms with Gasteiger partial charge in [-0.2, -0.15) is 0 Å². The second-order valence-corrected chi connectivity index (χ2v) is 10.1. The number of piperidine rings is 1. The van der Waals surface area contributed by atoms with Crippen molar-refractivity contribution in [3.63, 3.8) is 0 Å². The van der Waals surface area contributed by atoms with Crippen LogP contribution in [0.15, 0.2) is 77.7 Å². The summed E-state index contributed by atoms with van der Waals surface area (Å²) < 4.78 is 12.5. The Kier molecular flexibility index (Phi) is 7.08. The minimum atomic E-state index is -0.0744. The van der Waals surface area contributed by atoms with Crippen LogP contribution in [0.2, 0.25) is 0 Å². The molecule has 0 aromatic heterocycles. The van der Waals surface area contributed by atoms with Crippen molar-refractivity contribution in [2.45, 2.75) is 41.9 Å². The highest BCUT2D eigenvalue weighted by molar-refractivity contribution is 8.00. The van der Waals surface area contributed by atoms with Gasteiger partial charge in [-0.1, -0.05) is 48.9 Å². The average Bonchev–Trinajstić information content (AvgIpc) is 2.85. The van der Waals surface area contributed by atoms with Crippen molar-refractivity contribution in [3.8, 4) is 17.2 Å². The minimum Gasteiger partial charge on any atom is -0.508 e. The summed E-state index contributed by atoms with van der Waals surface area (Å²) in [5.74, 6) is 2.01. The summed E-state index contributed by atoms with van der Waals surface area (Å²) in [6.45, 7) is 4.11. The maximum Gasteiger partial charge on any atom is 0.136 e. The van der Waals surface area contributed by atoms with Crippen molar-refractivity contribution >= 4 is 11.8 Å². The summed E-state index contributed by atoms with van der Waals surface area (Å²) in [5, 5.41) is 10.1. The van der Waals surface area contributed by atoms with E-state index in [2.05, 4.69) is 53.4 Å². The van der Waals surface area contributed by atoms with Crippen LogP contribution in [0.3, 0.4) is 0 Å². The van der Waals surface area contributed by atoms with E-state index in [9.17, 15) is 5.11 Å². The molecule has 172 valence electrons. The number of nitrogens with zero attached hydrogens (tertiary/aromatic N) is 1. The Labute approximate surface area is 200 Å². The maximum atomic E-state index is 9.95. The Bertz CT molecular complexity index is 1030. The van der Waals surface area contributed by atoms with Gasteiger partial charge in [0.25, 0.3) is 0 Å². The Morgan fingerprint density at radius 2 is 1.73 bits per heavy atom. The summed E-state index contributed by atoms with van der Waals surface area (Å²) in [5.41, 5.74) is 2.43. The van der Waals surface area contributed by atoms with Crippen LogP contribution in [-0.2, 0) is 6.42 Å². The number of likely N-dealkylation sites (tertiary alicyclic amines) is 1. The summed E-state index contributed by atoms with van der Waals surface area (Å²) >= 11 is 1.78. The van der Waals surface area contributed by atoms with E-state index < -0.39 is 0 Å². The lowest BCUT2D eigenvalue weighted by Gasteiger charge is -2.33. The molecule has 0 saturated carbocycles. The third-order valence-corrected chi connectivity index (χ3v) is 7.70. The molecule has 0 radical (unpaired) electrons. The number of benzene rings is 3. The Hall–Kier alpha value is -2.63. The lowest BCUT2D eigenvalue weighted by Crippen LogP contribution is -2.33.